The molecule has 20 heavy (non-hydrogen) atoms. The Bertz CT molecular complexity index is 674. The summed E-state index contributed by atoms with van der Waals surface area (Å²) in [6.07, 6.45) is 1.43. The molecule has 1 N–H and O–H groups in total. The second kappa shape index (κ2) is 5.01. The van der Waals surface area contributed by atoms with Crippen molar-refractivity contribution in [2.75, 3.05) is 0 Å². The fourth-order valence-corrected chi connectivity index (χ4v) is 2.09. The molecule has 0 unspecified atom stereocenters. The Kier molecular flexibility index (Phi) is 3.69. The molecule has 0 bridgehead atoms. The molecule has 0 saturated carbocycles. The number of carboxylic acid groups (broad SMARTS) is 1. The lowest BCUT2D eigenvalue weighted by Gasteiger charge is -2.18. The molecule has 0 spiro atoms. The molecule has 0 atom stereocenters. The summed E-state index contributed by atoms with van der Waals surface area (Å²) < 4.78 is 16.1. The van der Waals surface area contributed by atoms with Gasteiger partial charge in [-0.25, -0.2) is 9.18 Å². The van der Waals surface area contributed by atoms with Crippen LogP contribution < -0.4 is 0 Å². The van der Waals surface area contributed by atoms with E-state index in [0.29, 0.717) is 4.47 Å². The quantitative estimate of drug-likeness (QED) is 0.901. The summed E-state index contributed by atoms with van der Waals surface area (Å²) in [5, 5.41) is 13.5. The fourth-order valence-electron chi connectivity index (χ4n) is 1.75. The van der Waals surface area contributed by atoms with Gasteiger partial charge < -0.3 is 5.11 Å². The number of aromatic nitrogens is 2. The van der Waals surface area contributed by atoms with Crippen molar-refractivity contribution in [2.24, 2.45) is 0 Å². The smallest absolute Gasteiger partial charge is 0.339 e. The highest BCUT2D eigenvalue weighted by Gasteiger charge is 2.24. The van der Waals surface area contributed by atoms with Crippen molar-refractivity contribution in [2.45, 2.75) is 26.3 Å². The number of halogens is 2. The number of hydrogen-bond acceptors (Lipinski definition) is 2. The zero-order valence-electron chi connectivity index (χ0n) is 11.3. The molecule has 2 rings (SSSR count). The van der Waals surface area contributed by atoms with Crippen molar-refractivity contribution in [3.63, 3.8) is 0 Å². The fraction of sp³-hybridized carbons (Fsp3) is 0.286. The van der Waals surface area contributed by atoms with Crippen LogP contribution in [0.3, 0.4) is 0 Å². The average Bonchev–Trinajstić information content (AvgIpc) is 2.73. The van der Waals surface area contributed by atoms with Gasteiger partial charge in [0.1, 0.15) is 17.1 Å². The molecule has 106 valence electrons. The van der Waals surface area contributed by atoms with Gasteiger partial charge in [-0.1, -0.05) is 15.9 Å². The van der Waals surface area contributed by atoms with Crippen molar-refractivity contribution in [1.29, 1.82) is 0 Å². The summed E-state index contributed by atoms with van der Waals surface area (Å²) >= 11 is 3.17. The number of carbonyl (C=O) groups is 1. The highest BCUT2D eigenvalue weighted by molar-refractivity contribution is 9.10. The zero-order valence-corrected chi connectivity index (χ0v) is 12.9. The number of aromatic carboxylic acids is 1. The topological polar surface area (TPSA) is 55.1 Å². The maximum Gasteiger partial charge on any atom is 0.339 e. The molecule has 1 aromatic heterocycles. The lowest BCUT2D eigenvalue weighted by atomic mass is 10.1. The van der Waals surface area contributed by atoms with Gasteiger partial charge in [-0.3, -0.25) is 4.68 Å². The van der Waals surface area contributed by atoms with Gasteiger partial charge >= 0.3 is 5.97 Å². The summed E-state index contributed by atoms with van der Waals surface area (Å²) in [6.45, 7) is 5.69. The molecule has 0 radical (unpaired) electrons. The van der Waals surface area contributed by atoms with Gasteiger partial charge in [0.2, 0.25) is 0 Å². The molecule has 6 heteroatoms. The molecule has 1 aromatic carbocycles. The number of carboxylic acids is 1. The standard InChI is InChI=1S/C14H14BrFN2O2/c1-14(2,3)18-7-10(13(19)20)12(17-18)9-5-4-8(15)6-11(9)16/h4-7H,1-3H3,(H,19,20). The van der Waals surface area contributed by atoms with Crippen LogP contribution in [0, 0.1) is 5.82 Å². The SMILES string of the molecule is CC(C)(C)n1cc(C(=O)O)c(-c2ccc(Br)cc2F)n1. The lowest BCUT2D eigenvalue weighted by molar-refractivity contribution is 0.0697. The Labute approximate surface area is 124 Å². The normalized spacial score (nSPS) is 11.7. The average molecular weight is 341 g/mol. The molecule has 4 nitrogen and oxygen atoms in total. The van der Waals surface area contributed by atoms with E-state index in [4.69, 9.17) is 0 Å². The Hall–Kier alpha value is -1.69. The van der Waals surface area contributed by atoms with Crippen LogP contribution in [0.25, 0.3) is 11.3 Å². The molecule has 0 aliphatic rings. The van der Waals surface area contributed by atoms with Gasteiger partial charge in [0.05, 0.1) is 5.54 Å². The first kappa shape index (κ1) is 14.7. The Morgan fingerprint density at radius 1 is 1.40 bits per heavy atom. The summed E-state index contributed by atoms with van der Waals surface area (Å²) in [4.78, 5) is 11.3. The van der Waals surface area contributed by atoms with Gasteiger partial charge in [0.15, 0.2) is 0 Å². The zero-order chi connectivity index (χ0) is 15.1. The van der Waals surface area contributed by atoms with E-state index >= 15 is 0 Å². The molecule has 0 amide bonds. The van der Waals surface area contributed by atoms with Crippen LogP contribution in [0.4, 0.5) is 4.39 Å². The van der Waals surface area contributed by atoms with Gasteiger partial charge in [0, 0.05) is 16.2 Å². The minimum atomic E-state index is -1.13. The monoisotopic (exact) mass is 340 g/mol. The summed E-state index contributed by atoms with van der Waals surface area (Å²) in [6, 6.07) is 4.46. The van der Waals surface area contributed by atoms with Gasteiger partial charge in [0.25, 0.3) is 0 Å². The van der Waals surface area contributed by atoms with Gasteiger partial charge in [-0.05, 0) is 39.0 Å². The van der Waals surface area contributed by atoms with Crippen molar-refractivity contribution in [3.8, 4) is 11.3 Å². The van der Waals surface area contributed by atoms with Crippen molar-refractivity contribution < 1.29 is 14.3 Å². The third-order valence-corrected chi connectivity index (χ3v) is 3.31. The highest BCUT2D eigenvalue weighted by atomic mass is 79.9. The largest absolute Gasteiger partial charge is 0.478 e. The first-order valence-corrected chi connectivity index (χ1v) is 6.78. The lowest BCUT2D eigenvalue weighted by Crippen LogP contribution is -2.22. The molecule has 0 aliphatic heterocycles. The van der Waals surface area contributed by atoms with Crippen LogP contribution in [0.1, 0.15) is 31.1 Å². The molecule has 0 fully saturated rings. The van der Waals surface area contributed by atoms with E-state index in [2.05, 4.69) is 21.0 Å². The molecular weight excluding hydrogens is 327 g/mol. The van der Waals surface area contributed by atoms with E-state index in [-0.39, 0.29) is 22.4 Å². The van der Waals surface area contributed by atoms with Crippen LogP contribution in [-0.2, 0) is 5.54 Å². The summed E-state index contributed by atoms with van der Waals surface area (Å²) in [5.74, 6) is -1.64. The number of hydrogen-bond donors (Lipinski definition) is 1. The predicted octanol–water partition coefficient (Wildman–Crippen LogP) is 3.90. The first-order valence-electron chi connectivity index (χ1n) is 5.99. The summed E-state index contributed by atoms with van der Waals surface area (Å²) in [5.41, 5.74) is -0.0824. The second-order valence-corrected chi connectivity index (χ2v) is 6.35. The van der Waals surface area contributed by atoms with Gasteiger partial charge in [-0.15, -0.1) is 0 Å². The van der Waals surface area contributed by atoms with E-state index in [1.165, 1.54) is 23.0 Å². The maximum atomic E-state index is 14.0. The van der Waals surface area contributed by atoms with E-state index in [1.54, 1.807) is 6.07 Å². The van der Waals surface area contributed by atoms with E-state index < -0.39 is 11.8 Å². The number of benzene rings is 1. The molecule has 2 aromatic rings. The maximum absolute atomic E-state index is 14.0. The second-order valence-electron chi connectivity index (χ2n) is 5.44. The first-order chi connectivity index (χ1) is 9.20. The number of rotatable bonds is 2. The predicted molar refractivity (Wildman–Crippen MR) is 77.3 cm³/mol. The summed E-state index contributed by atoms with van der Waals surface area (Å²) in [7, 11) is 0. The molecule has 0 saturated heterocycles. The van der Waals surface area contributed by atoms with Crippen LogP contribution in [0.15, 0.2) is 28.9 Å². The van der Waals surface area contributed by atoms with Crippen molar-refractivity contribution >= 4 is 21.9 Å². The van der Waals surface area contributed by atoms with Crippen LogP contribution in [0.2, 0.25) is 0 Å². The Morgan fingerprint density at radius 3 is 2.55 bits per heavy atom. The molecule has 0 aliphatic carbocycles. The third-order valence-electron chi connectivity index (χ3n) is 2.82. The minimum Gasteiger partial charge on any atom is -0.478 e. The third kappa shape index (κ3) is 2.75. The van der Waals surface area contributed by atoms with E-state index in [0.717, 1.165) is 0 Å². The van der Waals surface area contributed by atoms with E-state index in [1.807, 2.05) is 20.8 Å². The van der Waals surface area contributed by atoms with E-state index in [9.17, 15) is 14.3 Å². The molecular formula is C14H14BrFN2O2. The van der Waals surface area contributed by atoms with Crippen LogP contribution in [-0.4, -0.2) is 20.9 Å². The highest BCUT2D eigenvalue weighted by Crippen LogP contribution is 2.29. The minimum absolute atomic E-state index is 0.0128. The number of nitrogens with zero attached hydrogens (tertiary/aromatic N) is 2. The van der Waals surface area contributed by atoms with Crippen LogP contribution in [0.5, 0.6) is 0 Å². The Morgan fingerprint density at radius 2 is 2.05 bits per heavy atom. The van der Waals surface area contributed by atoms with Gasteiger partial charge in [-0.2, -0.15) is 5.10 Å². The van der Waals surface area contributed by atoms with Crippen LogP contribution >= 0.6 is 15.9 Å². The Balaban J connectivity index is 2.66. The molecule has 1 heterocycles. The van der Waals surface area contributed by atoms with Crippen molar-refractivity contribution in [3.05, 3.63) is 40.2 Å². The van der Waals surface area contributed by atoms with Crippen molar-refractivity contribution in [1.82, 2.24) is 9.78 Å².